The molecular formula is C38H46N6O3. The lowest BCUT2D eigenvalue weighted by atomic mass is 9.81. The molecule has 1 fully saturated rings. The van der Waals surface area contributed by atoms with Crippen molar-refractivity contribution >= 4 is 17.6 Å². The summed E-state index contributed by atoms with van der Waals surface area (Å²) in [5, 5.41) is 10.5. The van der Waals surface area contributed by atoms with Crippen LogP contribution < -0.4 is 9.80 Å². The Morgan fingerprint density at radius 1 is 0.936 bits per heavy atom. The van der Waals surface area contributed by atoms with Gasteiger partial charge in [0.15, 0.2) is 6.10 Å². The highest BCUT2D eigenvalue weighted by Gasteiger charge is 2.36. The molecule has 0 bridgehead atoms. The first-order valence-electron chi connectivity index (χ1n) is 16.6. The number of fused-ring (bicyclic) bond motifs is 1. The fourth-order valence-corrected chi connectivity index (χ4v) is 6.81. The molecule has 6 rings (SSSR count). The Hall–Kier alpha value is -4.37. The number of carboxylic acid groups (broad SMARTS) is 1. The number of nitrogens with zero attached hydrogens (tertiary/aromatic N) is 6. The molecule has 2 aliphatic heterocycles. The number of aryl methyl sites for hydroxylation is 2. The molecule has 1 N–H and O–H groups in total. The zero-order valence-corrected chi connectivity index (χ0v) is 28.7. The SMILES string of the molecule is Cc1nc(C)c([C@H](OC(C)(C)C)C(=O)O)c(N2CCC(C)(C)CC2)c1-c1ccc2c(c1)CCN(c1nccc(-c3cccnc3)n1)C2. The van der Waals surface area contributed by atoms with Crippen LogP contribution in [0.5, 0.6) is 0 Å². The molecular weight excluding hydrogens is 588 g/mol. The van der Waals surface area contributed by atoms with Crippen molar-refractivity contribution in [2.75, 3.05) is 29.4 Å². The predicted molar refractivity (Wildman–Crippen MR) is 186 cm³/mol. The largest absolute Gasteiger partial charge is 0.479 e. The first-order valence-corrected chi connectivity index (χ1v) is 16.6. The molecule has 0 unspecified atom stereocenters. The zero-order valence-electron chi connectivity index (χ0n) is 28.7. The molecule has 1 saturated heterocycles. The summed E-state index contributed by atoms with van der Waals surface area (Å²) in [6.07, 6.45) is 7.14. The van der Waals surface area contributed by atoms with E-state index in [0.29, 0.717) is 23.8 Å². The summed E-state index contributed by atoms with van der Waals surface area (Å²) in [6.45, 7) is 17.5. The van der Waals surface area contributed by atoms with Crippen LogP contribution in [0, 0.1) is 19.3 Å². The summed E-state index contributed by atoms with van der Waals surface area (Å²) in [5.74, 6) is -0.295. The smallest absolute Gasteiger partial charge is 0.337 e. The third kappa shape index (κ3) is 7.00. The lowest BCUT2D eigenvalue weighted by Gasteiger charge is -2.41. The molecule has 0 amide bonds. The molecule has 0 spiro atoms. The van der Waals surface area contributed by atoms with Crippen LogP contribution in [0.25, 0.3) is 22.4 Å². The van der Waals surface area contributed by atoms with E-state index in [0.717, 1.165) is 72.7 Å². The van der Waals surface area contributed by atoms with Crippen LogP contribution in [0.15, 0.2) is 55.0 Å². The quantitative estimate of drug-likeness (QED) is 0.223. The minimum Gasteiger partial charge on any atom is -0.479 e. The van der Waals surface area contributed by atoms with Crippen LogP contribution in [0.1, 0.15) is 81.6 Å². The number of anilines is 2. The van der Waals surface area contributed by atoms with Gasteiger partial charge in [0, 0.05) is 72.8 Å². The Morgan fingerprint density at radius 2 is 1.70 bits per heavy atom. The average Bonchev–Trinajstić information content (AvgIpc) is 3.03. The second-order valence-corrected chi connectivity index (χ2v) is 14.7. The lowest BCUT2D eigenvalue weighted by Crippen LogP contribution is -2.39. The summed E-state index contributed by atoms with van der Waals surface area (Å²) in [7, 11) is 0. The summed E-state index contributed by atoms with van der Waals surface area (Å²) in [4.78, 5) is 36.1. The molecule has 47 heavy (non-hydrogen) atoms. The molecule has 1 atom stereocenters. The number of carbonyl (C=O) groups is 1. The Balaban J connectivity index is 1.39. The highest BCUT2D eigenvalue weighted by atomic mass is 16.5. The number of hydrogen-bond donors (Lipinski definition) is 1. The van der Waals surface area contributed by atoms with Crippen molar-refractivity contribution in [3.63, 3.8) is 0 Å². The van der Waals surface area contributed by atoms with Crippen LogP contribution in [0.4, 0.5) is 11.6 Å². The van der Waals surface area contributed by atoms with Gasteiger partial charge < -0.3 is 19.6 Å². The van der Waals surface area contributed by atoms with E-state index in [1.54, 1.807) is 6.20 Å². The lowest BCUT2D eigenvalue weighted by molar-refractivity contribution is -0.160. The molecule has 3 aromatic heterocycles. The molecule has 0 saturated carbocycles. The summed E-state index contributed by atoms with van der Waals surface area (Å²) >= 11 is 0. The number of ether oxygens (including phenoxy) is 1. The van der Waals surface area contributed by atoms with Crippen molar-refractivity contribution < 1.29 is 14.6 Å². The van der Waals surface area contributed by atoms with E-state index < -0.39 is 17.7 Å². The highest BCUT2D eigenvalue weighted by molar-refractivity contribution is 5.88. The number of carboxylic acids is 1. The monoisotopic (exact) mass is 634 g/mol. The molecule has 246 valence electrons. The van der Waals surface area contributed by atoms with Gasteiger partial charge in [0.1, 0.15) is 0 Å². The predicted octanol–water partition coefficient (Wildman–Crippen LogP) is 7.35. The number of aliphatic carboxylic acids is 1. The Labute approximate surface area is 278 Å². The van der Waals surface area contributed by atoms with Gasteiger partial charge in [-0.3, -0.25) is 9.97 Å². The number of piperidine rings is 1. The maximum absolute atomic E-state index is 12.9. The van der Waals surface area contributed by atoms with E-state index >= 15 is 0 Å². The van der Waals surface area contributed by atoms with E-state index in [1.165, 1.54) is 11.1 Å². The van der Waals surface area contributed by atoms with Gasteiger partial charge in [0.05, 0.1) is 17.0 Å². The zero-order chi connectivity index (χ0) is 33.5. The Kier molecular flexibility index (Phi) is 8.78. The van der Waals surface area contributed by atoms with Gasteiger partial charge in [0.25, 0.3) is 0 Å². The molecule has 0 aliphatic carbocycles. The number of aromatic nitrogens is 4. The average molecular weight is 635 g/mol. The second kappa shape index (κ2) is 12.7. The Morgan fingerprint density at radius 3 is 2.38 bits per heavy atom. The molecule has 4 aromatic rings. The molecule has 2 aliphatic rings. The summed E-state index contributed by atoms with van der Waals surface area (Å²) in [6, 6.07) is 12.5. The third-order valence-electron chi connectivity index (χ3n) is 9.36. The molecule has 5 heterocycles. The van der Waals surface area contributed by atoms with Crippen LogP contribution in [-0.4, -0.2) is 56.2 Å². The first-order chi connectivity index (χ1) is 22.3. The molecule has 1 aromatic carbocycles. The maximum atomic E-state index is 12.9. The number of hydrogen-bond acceptors (Lipinski definition) is 8. The van der Waals surface area contributed by atoms with Crippen LogP contribution >= 0.6 is 0 Å². The van der Waals surface area contributed by atoms with Gasteiger partial charge in [0.2, 0.25) is 5.95 Å². The molecule has 0 radical (unpaired) electrons. The molecule has 9 heteroatoms. The third-order valence-corrected chi connectivity index (χ3v) is 9.36. The van der Waals surface area contributed by atoms with Gasteiger partial charge in [-0.2, -0.15) is 0 Å². The number of benzene rings is 1. The maximum Gasteiger partial charge on any atom is 0.337 e. The van der Waals surface area contributed by atoms with Crippen LogP contribution in [-0.2, 0) is 22.5 Å². The van der Waals surface area contributed by atoms with E-state index in [-0.39, 0.29) is 5.41 Å². The van der Waals surface area contributed by atoms with Gasteiger partial charge in [-0.15, -0.1) is 0 Å². The van der Waals surface area contributed by atoms with Gasteiger partial charge in [-0.05, 0) is 94.2 Å². The fourth-order valence-electron chi connectivity index (χ4n) is 6.81. The van der Waals surface area contributed by atoms with Crippen molar-refractivity contribution in [1.29, 1.82) is 0 Å². The first kappa shape index (κ1) is 32.6. The van der Waals surface area contributed by atoms with Crippen molar-refractivity contribution in [3.05, 3.63) is 83.1 Å². The summed E-state index contributed by atoms with van der Waals surface area (Å²) in [5.41, 5.74) is 9.14. The normalized spacial score (nSPS) is 16.9. The Bertz CT molecular complexity index is 1770. The van der Waals surface area contributed by atoms with E-state index in [9.17, 15) is 9.90 Å². The topological polar surface area (TPSA) is 105 Å². The second-order valence-electron chi connectivity index (χ2n) is 14.7. The van der Waals surface area contributed by atoms with E-state index in [2.05, 4.69) is 51.8 Å². The van der Waals surface area contributed by atoms with Gasteiger partial charge in [-0.25, -0.2) is 14.8 Å². The van der Waals surface area contributed by atoms with E-state index in [1.807, 2.05) is 65.2 Å². The number of pyridine rings is 2. The van der Waals surface area contributed by atoms with Crippen LogP contribution in [0.3, 0.4) is 0 Å². The standard InChI is InChI=1S/C38H46N6O3/c1-24-31(33(43-19-14-38(6,7)15-20-43)32(25(2)41-24)34(35(45)46)47-37(3,4)5)27-10-11-29-23-44(18-13-26(29)21-27)36-40-17-12-30(42-36)28-9-8-16-39-22-28/h8-12,16-17,21-22,34H,13-15,18-20,23H2,1-7H3,(H,45,46)/t34-/m0/s1. The minimum absolute atomic E-state index is 0.237. The van der Waals surface area contributed by atoms with Crippen molar-refractivity contribution in [1.82, 2.24) is 19.9 Å². The summed E-state index contributed by atoms with van der Waals surface area (Å²) < 4.78 is 6.26. The highest BCUT2D eigenvalue weighted by Crippen LogP contribution is 2.45. The van der Waals surface area contributed by atoms with E-state index in [4.69, 9.17) is 14.7 Å². The van der Waals surface area contributed by atoms with Gasteiger partial charge in [-0.1, -0.05) is 32.0 Å². The minimum atomic E-state index is -1.14. The van der Waals surface area contributed by atoms with Crippen molar-refractivity contribution in [3.8, 4) is 22.4 Å². The fraction of sp³-hybridized carbons (Fsp3) is 0.447. The van der Waals surface area contributed by atoms with Crippen molar-refractivity contribution in [2.45, 2.75) is 86.0 Å². The van der Waals surface area contributed by atoms with Gasteiger partial charge >= 0.3 is 5.97 Å². The molecule has 9 nitrogen and oxygen atoms in total. The number of rotatable bonds is 7. The van der Waals surface area contributed by atoms with Crippen LogP contribution in [0.2, 0.25) is 0 Å². The van der Waals surface area contributed by atoms with Crippen molar-refractivity contribution in [2.24, 2.45) is 5.41 Å².